The monoisotopic (exact) mass is 508 g/mol. The van der Waals surface area contributed by atoms with Crippen LogP contribution in [0.5, 0.6) is 5.75 Å². The molecule has 0 saturated carbocycles. The summed E-state index contributed by atoms with van der Waals surface area (Å²) in [6.45, 7) is 8.45. The minimum atomic E-state index is -0.685. The van der Waals surface area contributed by atoms with E-state index in [1.54, 1.807) is 49.3 Å². The van der Waals surface area contributed by atoms with Crippen molar-refractivity contribution < 1.29 is 28.3 Å². The lowest BCUT2D eigenvalue weighted by molar-refractivity contribution is -0.139. The third-order valence-corrected chi connectivity index (χ3v) is 6.46. The molecular formula is C27H32N4O6. The number of nitrogens with one attached hydrogen (secondary N) is 1. The molecule has 0 spiro atoms. The van der Waals surface area contributed by atoms with E-state index in [0.29, 0.717) is 55.5 Å². The molecule has 1 unspecified atom stereocenters. The van der Waals surface area contributed by atoms with Crippen LogP contribution < -0.4 is 10.1 Å². The molecule has 0 aliphatic carbocycles. The fourth-order valence-electron chi connectivity index (χ4n) is 4.57. The molecule has 0 bridgehead atoms. The van der Waals surface area contributed by atoms with Crippen molar-refractivity contribution in [3.8, 4) is 5.75 Å². The number of furan rings is 1. The van der Waals surface area contributed by atoms with Gasteiger partial charge in [0, 0.05) is 45.0 Å². The highest BCUT2D eigenvalue weighted by Crippen LogP contribution is 2.33. The van der Waals surface area contributed by atoms with Crippen LogP contribution in [0.15, 0.2) is 71.0 Å². The SMILES string of the molecule is C=CCN1C(=O)NC(c2ccc(OC)cc2)C(C(=O)OCC)=C1CN1CCN(C(=O)c2ccco2)CC1. The minimum absolute atomic E-state index is 0.152. The molecule has 1 atom stereocenters. The molecule has 4 rings (SSSR count). The summed E-state index contributed by atoms with van der Waals surface area (Å²) in [4.78, 5) is 44.6. The van der Waals surface area contributed by atoms with E-state index in [-0.39, 0.29) is 25.1 Å². The first kappa shape index (κ1) is 26.0. The molecule has 3 heterocycles. The molecule has 37 heavy (non-hydrogen) atoms. The van der Waals surface area contributed by atoms with Crippen LogP contribution in [0, 0.1) is 0 Å². The molecule has 10 nitrogen and oxygen atoms in total. The lowest BCUT2D eigenvalue weighted by Gasteiger charge is -2.40. The Labute approximate surface area is 216 Å². The molecular weight excluding hydrogens is 476 g/mol. The number of amides is 3. The fraction of sp³-hybridized carbons (Fsp3) is 0.370. The van der Waals surface area contributed by atoms with Crippen molar-refractivity contribution in [1.29, 1.82) is 0 Å². The summed E-state index contributed by atoms with van der Waals surface area (Å²) in [6.07, 6.45) is 3.10. The lowest BCUT2D eigenvalue weighted by Crippen LogP contribution is -2.53. The van der Waals surface area contributed by atoms with Crippen molar-refractivity contribution in [3.05, 3.63) is 77.9 Å². The Morgan fingerprint density at radius 3 is 2.49 bits per heavy atom. The topological polar surface area (TPSA) is 105 Å². The largest absolute Gasteiger partial charge is 0.497 e. The van der Waals surface area contributed by atoms with Gasteiger partial charge in [0.1, 0.15) is 5.75 Å². The molecule has 1 N–H and O–H groups in total. The molecule has 1 fully saturated rings. The van der Waals surface area contributed by atoms with Gasteiger partial charge >= 0.3 is 12.0 Å². The van der Waals surface area contributed by atoms with Crippen molar-refractivity contribution in [1.82, 2.24) is 20.0 Å². The molecule has 10 heteroatoms. The van der Waals surface area contributed by atoms with Gasteiger partial charge in [-0.2, -0.15) is 0 Å². The van der Waals surface area contributed by atoms with Crippen LogP contribution in [0.25, 0.3) is 0 Å². The van der Waals surface area contributed by atoms with Gasteiger partial charge in [-0.15, -0.1) is 6.58 Å². The summed E-state index contributed by atoms with van der Waals surface area (Å²) >= 11 is 0. The molecule has 1 aromatic heterocycles. The zero-order valence-electron chi connectivity index (χ0n) is 21.1. The van der Waals surface area contributed by atoms with Gasteiger partial charge in [-0.1, -0.05) is 18.2 Å². The molecule has 196 valence electrons. The molecule has 1 saturated heterocycles. The highest BCUT2D eigenvalue weighted by atomic mass is 16.5. The Morgan fingerprint density at radius 1 is 1.16 bits per heavy atom. The molecule has 2 aliphatic heterocycles. The van der Waals surface area contributed by atoms with Crippen LogP contribution in [0.2, 0.25) is 0 Å². The number of piperazine rings is 1. The summed E-state index contributed by atoms with van der Waals surface area (Å²) in [7, 11) is 1.58. The number of benzene rings is 1. The van der Waals surface area contributed by atoms with Gasteiger partial charge in [0.15, 0.2) is 5.76 Å². The average Bonchev–Trinajstić information content (AvgIpc) is 3.46. The number of hydrogen-bond donors (Lipinski definition) is 1. The van der Waals surface area contributed by atoms with E-state index in [0.717, 1.165) is 5.56 Å². The minimum Gasteiger partial charge on any atom is -0.497 e. The van der Waals surface area contributed by atoms with Gasteiger partial charge < -0.3 is 24.1 Å². The highest BCUT2D eigenvalue weighted by Gasteiger charge is 2.39. The van der Waals surface area contributed by atoms with Gasteiger partial charge in [0.25, 0.3) is 5.91 Å². The Balaban J connectivity index is 1.63. The van der Waals surface area contributed by atoms with Crippen LogP contribution in [-0.2, 0) is 9.53 Å². The zero-order valence-corrected chi connectivity index (χ0v) is 21.1. The van der Waals surface area contributed by atoms with E-state index in [1.165, 1.54) is 11.2 Å². The quantitative estimate of drug-likeness (QED) is 0.410. The molecule has 2 aliphatic rings. The summed E-state index contributed by atoms with van der Waals surface area (Å²) < 4.78 is 16.0. The average molecular weight is 509 g/mol. The van der Waals surface area contributed by atoms with Gasteiger partial charge in [0.05, 0.1) is 31.6 Å². The van der Waals surface area contributed by atoms with Crippen LogP contribution in [-0.4, -0.2) is 85.6 Å². The summed E-state index contributed by atoms with van der Waals surface area (Å²) in [6, 6.07) is 9.55. The number of methoxy groups -OCH3 is 1. The third kappa shape index (κ3) is 5.69. The maximum Gasteiger partial charge on any atom is 0.338 e. The number of esters is 1. The maximum atomic E-state index is 13.3. The van der Waals surface area contributed by atoms with E-state index in [2.05, 4.69) is 16.8 Å². The summed E-state index contributed by atoms with van der Waals surface area (Å²) in [5.41, 5.74) is 1.68. The Kier molecular flexibility index (Phi) is 8.29. The first-order valence-corrected chi connectivity index (χ1v) is 12.2. The molecule has 1 aromatic carbocycles. The van der Waals surface area contributed by atoms with Crippen molar-refractivity contribution in [2.24, 2.45) is 0 Å². The number of carbonyl (C=O) groups is 3. The van der Waals surface area contributed by atoms with Gasteiger partial charge in [-0.05, 0) is 36.8 Å². The summed E-state index contributed by atoms with van der Waals surface area (Å²) in [5, 5.41) is 2.96. The van der Waals surface area contributed by atoms with E-state index in [1.807, 2.05) is 12.1 Å². The first-order chi connectivity index (χ1) is 18.0. The standard InChI is InChI=1S/C27H32N4O6/c1-4-12-31-21(18-29-13-15-30(16-14-29)25(32)22-7-6-17-37-22)23(26(33)36-5-2)24(28-27(31)34)19-8-10-20(35-3)11-9-19/h4,6-11,17,24H,1,5,12-16,18H2,2-3H3,(H,28,34). The molecule has 3 amide bonds. The second-order valence-corrected chi connectivity index (χ2v) is 8.68. The second kappa shape index (κ2) is 11.8. The molecule has 2 aromatic rings. The summed E-state index contributed by atoms with van der Waals surface area (Å²) in [5.74, 6) is 0.340. The normalized spacial score (nSPS) is 18.4. The fourth-order valence-corrected chi connectivity index (χ4v) is 4.57. The predicted molar refractivity (Wildman–Crippen MR) is 136 cm³/mol. The lowest BCUT2D eigenvalue weighted by atomic mass is 9.94. The number of urea groups is 1. The Hall–Kier alpha value is -4.05. The first-order valence-electron chi connectivity index (χ1n) is 12.2. The van der Waals surface area contributed by atoms with Gasteiger partial charge in [0.2, 0.25) is 0 Å². The van der Waals surface area contributed by atoms with E-state index >= 15 is 0 Å². The zero-order chi connectivity index (χ0) is 26.4. The Morgan fingerprint density at radius 2 is 1.89 bits per heavy atom. The number of nitrogens with zero attached hydrogens (tertiary/aromatic N) is 3. The third-order valence-electron chi connectivity index (χ3n) is 6.46. The van der Waals surface area contributed by atoms with Crippen molar-refractivity contribution in [3.63, 3.8) is 0 Å². The van der Waals surface area contributed by atoms with Crippen LogP contribution in [0.3, 0.4) is 0 Å². The number of hydrogen-bond acceptors (Lipinski definition) is 7. The smallest absolute Gasteiger partial charge is 0.338 e. The number of rotatable bonds is 9. The highest BCUT2D eigenvalue weighted by molar-refractivity contribution is 5.95. The van der Waals surface area contributed by atoms with E-state index in [4.69, 9.17) is 13.9 Å². The van der Waals surface area contributed by atoms with Crippen molar-refractivity contribution >= 4 is 17.9 Å². The van der Waals surface area contributed by atoms with E-state index < -0.39 is 12.0 Å². The van der Waals surface area contributed by atoms with Crippen LogP contribution in [0.1, 0.15) is 29.1 Å². The van der Waals surface area contributed by atoms with Gasteiger partial charge in [-0.3, -0.25) is 14.6 Å². The number of ether oxygens (including phenoxy) is 2. The van der Waals surface area contributed by atoms with Gasteiger partial charge in [-0.25, -0.2) is 9.59 Å². The van der Waals surface area contributed by atoms with E-state index in [9.17, 15) is 14.4 Å². The van der Waals surface area contributed by atoms with Crippen LogP contribution >= 0.6 is 0 Å². The predicted octanol–water partition coefficient (Wildman–Crippen LogP) is 2.82. The second-order valence-electron chi connectivity index (χ2n) is 8.68. The Bertz CT molecular complexity index is 1150. The van der Waals surface area contributed by atoms with Crippen molar-refractivity contribution in [2.45, 2.75) is 13.0 Å². The number of carbonyl (C=O) groups excluding carboxylic acids is 3. The maximum absolute atomic E-state index is 13.3. The van der Waals surface area contributed by atoms with Crippen LogP contribution in [0.4, 0.5) is 4.79 Å². The molecule has 0 radical (unpaired) electrons. The van der Waals surface area contributed by atoms with Crippen molar-refractivity contribution in [2.75, 3.05) is 53.0 Å².